The number of carboxylic acid groups (broad SMARTS) is 1. The predicted octanol–water partition coefficient (Wildman–Crippen LogP) is 3.83. The lowest BCUT2D eigenvalue weighted by Gasteiger charge is -2.29. The summed E-state index contributed by atoms with van der Waals surface area (Å²) >= 11 is 1.39. The van der Waals surface area contributed by atoms with Crippen LogP contribution in [0, 0.1) is 12.3 Å². The lowest BCUT2D eigenvalue weighted by molar-refractivity contribution is 0.0696. The third kappa shape index (κ3) is 4.27. The molecule has 2 aromatic rings. The first-order valence-corrected chi connectivity index (χ1v) is 10.1. The van der Waals surface area contributed by atoms with Crippen LogP contribution in [-0.2, 0) is 19.4 Å². The fourth-order valence-corrected chi connectivity index (χ4v) is 4.95. The topological polar surface area (TPSA) is 95.7 Å². The van der Waals surface area contributed by atoms with Gasteiger partial charge in [-0.1, -0.05) is 31.5 Å². The molecule has 1 amide bonds. The third-order valence-corrected chi connectivity index (χ3v) is 6.35. The van der Waals surface area contributed by atoms with Gasteiger partial charge in [0.2, 0.25) is 0 Å². The summed E-state index contributed by atoms with van der Waals surface area (Å²) in [6, 6.07) is 5.56. The van der Waals surface area contributed by atoms with Gasteiger partial charge in [-0.15, -0.1) is 11.3 Å². The van der Waals surface area contributed by atoms with Crippen molar-refractivity contribution >= 4 is 28.2 Å². The Balaban J connectivity index is 1.96. The molecular weight excluding hydrogens is 374 g/mol. The molecule has 6 nitrogen and oxygen atoms in total. The summed E-state index contributed by atoms with van der Waals surface area (Å²) in [4.78, 5) is 26.0. The maximum Gasteiger partial charge on any atom is 0.339 e. The quantitative estimate of drug-likeness (QED) is 0.523. The van der Waals surface area contributed by atoms with Crippen molar-refractivity contribution in [3.63, 3.8) is 0 Å². The van der Waals surface area contributed by atoms with E-state index in [1.807, 2.05) is 19.1 Å². The first-order chi connectivity index (χ1) is 13.1. The lowest BCUT2D eigenvalue weighted by atomic mass is 9.76. The Labute approximate surface area is 169 Å². The van der Waals surface area contributed by atoms with Crippen LogP contribution in [0.1, 0.15) is 62.6 Å². The molecule has 1 heterocycles. The van der Waals surface area contributed by atoms with E-state index in [0.29, 0.717) is 23.5 Å². The molecule has 1 aliphatic rings. The highest BCUT2D eigenvalue weighted by Crippen LogP contribution is 2.43. The van der Waals surface area contributed by atoms with Gasteiger partial charge in [-0.2, -0.15) is 0 Å². The average Bonchev–Trinajstić information content (AvgIpc) is 2.90. The van der Waals surface area contributed by atoms with Crippen molar-refractivity contribution in [1.29, 1.82) is 0 Å². The summed E-state index contributed by atoms with van der Waals surface area (Å²) < 4.78 is 0. The van der Waals surface area contributed by atoms with Gasteiger partial charge in [0.05, 0.1) is 5.56 Å². The first kappa shape index (κ1) is 20.5. The zero-order chi connectivity index (χ0) is 20.6. The van der Waals surface area contributed by atoms with Crippen molar-refractivity contribution < 1.29 is 14.7 Å². The number of fused-ring (bicyclic) bond motifs is 1. The van der Waals surface area contributed by atoms with Gasteiger partial charge in [0, 0.05) is 24.0 Å². The van der Waals surface area contributed by atoms with Crippen molar-refractivity contribution in [1.82, 2.24) is 5.01 Å². The maximum atomic E-state index is 13.0. The van der Waals surface area contributed by atoms with E-state index in [1.54, 1.807) is 13.1 Å². The SMILES string of the molecule is Cc1ccc(C(=O)Nc2sc3c(c2C(=O)O)CC(C)(C)CC3)c(CN(C)N)c1. The number of carbonyl (C=O) groups is 2. The highest BCUT2D eigenvalue weighted by Gasteiger charge is 2.33. The van der Waals surface area contributed by atoms with Crippen molar-refractivity contribution in [3.8, 4) is 0 Å². The molecule has 1 aromatic carbocycles. The van der Waals surface area contributed by atoms with Crippen LogP contribution in [0.25, 0.3) is 0 Å². The summed E-state index contributed by atoms with van der Waals surface area (Å²) in [5.74, 6) is 4.48. The highest BCUT2D eigenvalue weighted by molar-refractivity contribution is 7.17. The molecule has 28 heavy (non-hydrogen) atoms. The second kappa shape index (κ2) is 7.66. The molecule has 0 atom stereocenters. The average molecular weight is 402 g/mol. The van der Waals surface area contributed by atoms with Crippen molar-refractivity contribution in [2.45, 2.75) is 46.6 Å². The number of aryl methyl sites for hydroxylation is 2. The van der Waals surface area contributed by atoms with E-state index in [-0.39, 0.29) is 16.9 Å². The van der Waals surface area contributed by atoms with Gasteiger partial charge in [-0.05, 0) is 48.8 Å². The van der Waals surface area contributed by atoms with Crippen LogP contribution in [0.15, 0.2) is 18.2 Å². The van der Waals surface area contributed by atoms with Crippen LogP contribution in [0.5, 0.6) is 0 Å². The van der Waals surface area contributed by atoms with E-state index in [9.17, 15) is 14.7 Å². The number of rotatable bonds is 5. The number of thiophene rings is 1. The number of benzene rings is 1. The number of nitrogens with two attached hydrogens (primary N) is 1. The molecule has 0 saturated heterocycles. The van der Waals surface area contributed by atoms with Gasteiger partial charge < -0.3 is 10.4 Å². The molecule has 0 saturated carbocycles. The highest BCUT2D eigenvalue weighted by atomic mass is 32.1. The number of hydrogen-bond donors (Lipinski definition) is 3. The third-order valence-electron chi connectivity index (χ3n) is 5.14. The van der Waals surface area contributed by atoms with E-state index >= 15 is 0 Å². The van der Waals surface area contributed by atoms with Crippen LogP contribution in [0.3, 0.4) is 0 Å². The summed E-state index contributed by atoms with van der Waals surface area (Å²) in [5, 5.41) is 14.6. The number of hydrogen-bond acceptors (Lipinski definition) is 5. The number of aromatic carboxylic acids is 1. The summed E-state index contributed by atoms with van der Waals surface area (Å²) in [6.07, 6.45) is 2.57. The zero-order valence-electron chi connectivity index (χ0n) is 16.8. The Hall–Kier alpha value is -2.22. The van der Waals surface area contributed by atoms with Gasteiger partial charge in [-0.25, -0.2) is 9.80 Å². The van der Waals surface area contributed by atoms with E-state index in [1.165, 1.54) is 16.3 Å². The molecule has 4 N–H and O–H groups in total. The Morgan fingerprint density at radius 3 is 2.71 bits per heavy atom. The van der Waals surface area contributed by atoms with Crippen molar-refractivity contribution in [2.24, 2.45) is 11.3 Å². The number of nitrogens with one attached hydrogen (secondary N) is 1. The Morgan fingerprint density at radius 2 is 2.07 bits per heavy atom. The molecule has 0 spiro atoms. The fraction of sp³-hybridized carbons (Fsp3) is 0.429. The fourth-order valence-electron chi connectivity index (χ4n) is 3.75. The standard InChI is InChI=1S/C21H27N3O3S/c1-12-5-6-14(13(9-12)11-24(4)22)18(25)23-19-17(20(26)27)15-10-21(2,3)8-7-16(15)28-19/h5-6,9H,7-8,10-11,22H2,1-4H3,(H,23,25)(H,26,27). The van der Waals surface area contributed by atoms with Crippen LogP contribution in [0.4, 0.5) is 5.00 Å². The van der Waals surface area contributed by atoms with Gasteiger partial charge in [0.1, 0.15) is 5.00 Å². The number of nitrogens with zero attached hydrogens (tertiary/aromatic N) is 1. The smallest absolute Gasteiger partial charge is 0.339 e. The minimum atomic E-state index is -0.990. The first-order valence-electron chi connectivity index (χ1n) is 9.32. The van der Waals surface area contributed by atoms with Gasteiger partial charge in [0.25, 0.3) is 5.91 Å². The zero-order valence-corrected chi connectivity index (χ0v) is 17.6. The normalized spacial score (nSPS) is 15.4. The molecule has 150 valence electrons. The Bertz CT molecular complexity index is 931. The van der Waals surface area contributed by atoms with Crippen LogP contribution in [0.2, 0.25) is 0 Å². The van der Waals surface area contributed by atoms with Gasteiger partial charge in [0.15, 0.2) is 0 Å². The molecule has 1 aromatic heterocycles. The molecule has 0 unspecified atom stereocenters. The minimum Gasteiger partial charge on any atom is -0.478 e. The van der Waals surface area contributed by atoms with E-state index in [4.69, 9.17) is 5.84 Å². The van der Waals surface area contributed by atoms with E-state index < -0.39 is 5.97 Å². The predicted molar refractivity (Wildman–Crippen MR) is 112 cm³/mol. The van der Waals surface area contributed by atoms with Crippen molar-refractivity contribution in [2.75, 3.05) is 12.4 Å². The molecule has 1 aliphatic carbocycles. The number of anilines is 1. The minimum absolute atomic E-state index is 0.0649. The second-order valence-electron chi connectivity index (χ2n) is 8.38. The molecule has 0 fully saturated rings. The number of amides is 1. The number of carbonyl (C=O) groups excluding carboxylic acids is 1. The molecular formula is C21H27N3O3S. The summed E-state index contributed by atoms with van der Waals surface area (Å²) in [6.45, 7) is 6.68. The second-order valence-corrected chi connectivity index (χ2v) is 9.49. The largest absolute Gasteiger partial charge is 0.478 e. The molecule has 0 radical (unpaired) electrons. The Kier molecular flexibility index (Phi) is 5.61. The molecule has 0 aliphatic heterocycles. The number of hydrazine groups is 1. The van der Waals surface area contributed by atoms with E-state index in [0.717, 1.165) is 34.4 Å². The molecule has 7 heteroatoms. The van der Waals surface area contributed by atoms with Crippen LogP contribution >= 0.6 is 11.3 Å². The monoisotopic (exact) mass is 401 g/mol. The van der Waals surface area contributed by atoms with Crippen LogP contribution in [-0.4, -0.2) is 29.0 Å². The summed E-state index contributed by atoms with van der Waals surface area (Å²) in [5.41, 5.74) is 3.52. The lowest BCUT2D eigenvalue weighted by Crippen LogP contribution is -2.27. The van der Waals surface area contributed by atoms with E-state index in [2.05, 4.69) is 19.2 Å². The maximum absolute atomic E-state index is 13.0. The molecule has 3 rings (SSSR count). The van der Waals surface area contributed by atoms with Gasteiger partial charge >= 0.3 is 5.97 Å². The Morgan fingerprint density at radius 1 is 1.36 bits per heavy atom. The van der Waals surface area contributed by atoms with Crippen LogP contribution < -0.4 is 11.2 Å². The van der Waals surface area contributed by atoms with Gasteiger partial charge in [-0.3, -0.25) is 10.6 Å². The summed E-state index contributed by atoms with van der Waals surface area (Å²) in [7, 11) is 1.74. The molecule has 0 bridgehead atoms. The number of carboxylic acids is 1. The van der Waals surface area contributed by atoms with Crippen molar-refractivity contribution in [3.05, 3.63) is 50.9 Å².